The van der Waals surface area contributed by atoms with Crippen LogP contribution in [0.5, 0.6) is 0 Å². The van der Waals surface area contributed by atoms with Crippen LogP contribution in [0.1, 0.15) is 40.2 Å². The molecule has 0 N–H and O–H groups in total. The predicted molar refractivity (Wildman–Crippen MR) is 111 cm³/mol. The fourth-order valence-electron chi connectivity index (χ4n) is 2.63. The van der Waals surface area contributed by atoms with Gasteiger partial charge in [0.2, 0.25) is 0 Å². The summed E-state index contributed by atoms with van der Waals surface area (Å²) in [5, 5.41) is 0. The van der Waals surface area contributed by atoms with Crippen LogP contribution in [0, 0.1) is 0 Å². The second-order valence-corrected chi connectivity index (χ2v) is 5.18. The van der Waals surface area contributed by atoms with E-state index in [1.54, 1.807) is 6.08 Å². The summed E-state index contributed by atoms with van der Waals surface area (Å²) in [6.07, 6.45) is 16.2. The van der Waals surface area contributed by atoms with E-state index in [2.05, 4.69) is 75.6 Å². The second kappa shape index (κ2) is 12.1. The fourth-order valence-corrected chi connectivity index (χ4v) is 2.63. The molecule has 1 unspecified atom stereocenters. The van der Waals surface area contributed by atoms with E-state index in [0.717, 1.165) is 0 Å². The highest BCUT2D eigenvalue weighted by Crippen LogP contribution is 2.40. The first-order valence-electron chi connectivity index (χ1n) is 8.62. The van der Waals surface area contributed by atoms with Crippen molar-refractivity contribution in [1.82, 2.24) is 0 Å². The van der Waals surface area contributed by atoms with Gasteiger partial charge >= 0.3 is 0 Å². The minimum Gasteiger partial charge on any atom is -0.0991 e. The van der Waals surface area contributed by atoms with E-state index in [0.29, 0.717) is 0 Å². The lowest BCUT2D eigenvalue weighted by molar-refractivity contribution is 0.688. The SMILES string of the molecule is C=C/C=C\C(=C/C)C(C)(/C(C=C)=C/C=C\C)c1ccccc1.CC. The Kier molecular flexibility index (Phi) is 10.9. The zero-order valence-corrected chi connectivity index (χ0v) is 15.9. The molecule has 0 bridgehead atoms. The van der Waals surface area contributed by atoms with Crippen LogP contribution in [0.4, 0.5) is 0 Å². The van der Waals surface area contributed by atoms with Gasteiger partial charge in [0.05, 0.1) is 0 Å². The Morgan fingerprint density at radius 2 is 1.58 bits per heavy atom. The summed E-state index contributed by atoms with van der Waals surface area (Å²) >= 11 is 0. The molecular weight excluding hydrogens is 288 g/mol. The maximum absolute atomic E-state index is 4.03. The molecule has 0 saturated carbocycles. The molecule has 1 aromatic rings. The molecule has 0 fully saturated rings. The van der Waals surface area contributed by atoms with Crippen LogP contribution in [0.2, 0.25) is 0 Å². The average molecular weight is 321 g/mol. The molecule has 0 nitrogen and oxygen atoms in total. The molecule has 24 heavy (non-hydrogen) atoms. The normalized spacial score (nSPS) is 14.9. The molecule has 0 aromatic heterocycles. The van der Waals surface area contributed by atoms with E-state index < -0.39 is 0 Å². The highest BCUT2D eigenvalue weighted by molar-refractivity contribution is 5.53. The molecule has 128 valence electrons. The summed E-state index contributed by atoms with van der Waals surface area (Å²) in [5.41, 5.74) is 3.37. The van der Waals surface area contributed by atoms with Crippen molar-refractivity contribution in [1.29, 1.82) is 0 Å². The Morgan fingerprint density at radius 1 is 0.958 bits per heavy atom. The van der Waals surface area contributed by atoms with Crippen LogP contribution < -0.4 is 0 Å². The smallest absolute Gasteiger partial charge is 0.0419 e. The third kappa shape index (κ3) is 5.38. The first-order valence-corrected chi connectivity index (χ1v) is 8.62. The summed E-state index contributed by atoms with van der Waals surface area (Å²) in [7, 11) is 0. The molecule has 0 saturated heterocycles. The molecule has 0 spiro atoms. The lowest BCUT2D eigenvalue weighted by Gasteiger charge is -2.33. The van der Waals surface area contributed by atoms with Gasteiger partial charge in [-0.25, -0.2) is 0 Å². The van der Waals surface area contributed by atoms with Crippen LogP contribution in [-0.2, 0) is 5.41 Å². The van der Waals surface area contributed by atoms with E-state index in [4.69, 9.17) is 0 Å². The van der Waals surface area contributed by atoms with Gasteiger partial charge in [-0.15, -0.1) is 0 Å². The van der Waals surface area contributed by atoms with Crippen molar-refractivity contribution >= 4 is 0 Å². The van der Waals surface area contributed by atoms with Crippen LogP contribution in [0.25, 0.3) is 0 Å². The monoisotopic (exact) mass is 320 g/mol. The van der Waals surface area contributed by atoms with Crippen molar-refractivity contribution < 1.29 is 0 Å². The van der Waals surface area contributed by atoms with Gasteiger partial charge in [-0.05, 0) is 37.5 Å². The van der Waals surface area contributed by atoms with Gasteiger partial charge in [0, 0.05) is 5.41 Å². The molecule has 0 heterocycles. The predicted octanol–water partition coefficient (Wildman–Crippen LogP) is 7.35. The minimum atomic E-state index is -0.253. The summed E-state index contributed by atoms with van der Waals surface area (Å²) in [6, 6.07) is 10.5. The Labute approximate surface area is 149 Å². The van der Waals surface area contributed by atoms with Crippen molar-refractivity contribution in [3.63, 3.8) is 0 Å². The number of benzene rings is 1. The lowest BCUT2D eigenvalue weighted by atomic mass is 9.69. The maximum atomic E-state index is 4.03. The van der Waals surface area contributed by atoms with Crippen molar-refractivity contribution in [2.24, 2.45) is 0 Å². The highest BCUT2D eigenvalue weighted by atomic mass is 14.3. The Morgan fingerprint density at radius 3 is 2.04 bits per heavy atom. The Bertz CT molecular complexity index is 609. The Hall–Kier alpha value is -2.34. The molecule has 0 amide bonds. The topological polar surface area (TPSA) is 0 Å². The largest absolute Gasteiger partial charge is 0.0991 e. The van der Waals surface area contributed by atoms with Gasteiger partial charge in [0.15, 0.2) is 0 Å². The third-order valence-corrected chi connectivity index (χ3v) is 3.92. The van der Waals surface area contributed by atoms with E-state index >= 15 is 0 Å². The van der Waals surface area contributed by atoms with Crippen LogP contribution in [-0.4, -0.2) is 0 Å². The molecule has 0 aliphatic heterocycles. The van der Waals surface area contributed by atoms with E-state index in [1.165, 1.54) is 16.7 Å². The van der Waals surface area contributed by atoms with Gasteiger partial charge in [-0.3, -0.25) is 0 Å². The minimum absolute atomic E-state index is 0.253. The van der Waals surface area contributed by atoms with E-state index in [9.17, 15) is 0 Å². The van der Waals surface area contributed by atoms with Gasteiger partial charge in [-0.2, -0.15) is 0 Å². The number of hydrogen-bond donors (Lipinski definition) is 0. The van der Waals surface area contributed by atoms with Gasteiger partial charge in [-0.1, -0.05) is 106 Å². The molecule has 0 aliphatic carbocycles. The highest BCUT2D eigenvalue weighted by Gasteiger charge is 2.31. The van der Waals surface area contributed by atoms with Crippen molar-refractivity contribution in [3.05, 3.63) is 109 Å². The first kappa shape index (κ1) is 21.7. The van der Waals surface area contributed by atoms with E-state index in [-0.39, 0.29) is 5.41 Å². The number of hydrogen-bond acceptors (Lipinski definition) is 0. The van der Waals surface area contributed by atoms with E-state index in [1.807, 2.05) is 45.1 Å². The number of allylic oxidation sites excluding steroid dienone is 10. The van der Waals surface area contributed by atoms with Crippen molar-refractivity contribution in [3.8, 4) is 0 Å². The van der Waals surface area contributed by atoms with Gasteiger partial charge < -0.3 is 0 Å². The fraction of sp³-hybridized carbons (Fsp3) is 0.250. The maximum Gasteiger partial charge on any atom is 0.0419 e. The summed E-state index contributed by atoms with van der Waals surface area (Å²) < 4.78 is 0. The molecule has 1 aromatic carbocycles. The molecule has 0 heteroatoms. The summed E-state index contributed by atoms with van der Waals surface area (Å²) in [5.74, 6) is 0. The van der Waals surface area contributed by atoms with Crippen molar-refractivity contribution in [2.75, 3.05) is 0 Å². The zero-order chi connectivity index (χ0) is 18.4. The van der Waals surface area contributed by atoms with Crippen LogP contribution in [0.3, 0.4) is 0 Å². The average Bonchev–Trinajstić information content (AvgIpc) is 2.65. The quantitative estimate of drug-likeness (QED) is 0.461. The lowest BCUT2D eigenvalue weighted by Crippen LogP contribution is -2.26. The Balaban J connectivity index is 0.00000254. The third-order valence-electron chi connectivity index (χ3n) is 3.92. The second-order valence-electron chi connectivity index (χ2n) is 5.18. The molecule has 0 aliphatic rings. The number of rotatable bonds is 7. The molecule has 1 atom stereocenters. The molecule has 1 rings (SSSR count). The molecule has 0 radical (unpaired) electrons. The molecular formula is C24H32. The van der Waals surface area contributed by atoms with Crippen LogP contribution >= 0.6 is 0 Å². The first-order chi connectivity index (χ1) is 11.6. The van der Waals surface area contributed by atoms with Gasteiger partial charge in [0.25, 0.3) is 0 Å². The summed E-state index contributed by atoms with van der Waals surface area (Å²) in [6.45, 7) is 18.1. The summed E-state index contributed by atoms with van der Waals surface area (Å²) in [4.78, 5) is 0. The van der Waals surface area contributed by atoms with Crippen molar-refractivity contribution in [2.45, 2.75) is 40.0 Å². The standard InChI is InChI=1S/C22H26.C2H6/c1-6-10-15-19(8-3)22(5,20(9-4)16-11-7-2)21-17-13-12-14-18-21;1-2/h6-18H,1,4H2,2-3,5H3;1-2H3/b11-7-,15-10-,19-8+,20-16+;. The van der Waals surface area contributed by atoms with Gasteiger partial charge in [0.1, 0.15) is 0 Å². The zero-order valence-electron chi connectivity index (χ0n) is 15.9. The van der Waals surface area contributed by atoms with Crippen LogP contribution in [0.15, 0.2) is 103 Å².